The molecule has 0 spiro atoms. The van der Waals surface area contributed by atoms with E-state index in [0.717, 1.165) is 38.5 Å². The first-order valence-electron chi connectivity index (χ1n) is 9.42. The Hall–Kier alpha value is -1.16. The molecule has 3 saturated carbocycles. The lowest BCUT2D eigenvalue weighted by Crippen LogP contribution is -2.57. The monoisotopic (exact) mass is 332 g/mol. The van der Waals surface area contributed by atoms with Gasteiger partial charge in [-0.3, -0.25) is 4.79 Å². The zero-order chi connectivity index (χ0) is 17.3. The number of rotatable bonds is 1. The fourth-order valence-corrected chi connectivity index (χ4v) is 6.93. The quantitative estimate of drug-likeness (QED) is 0.772. The van der Waals surface area contributed by atoms with Gasteiger partial charge in [0.15, 0.2) is 11.4 Å². The van der Waals surface area contributed by atoms with Crippen molar-refractivity contribution in [3.05, 3.63) is 11.6 Å². The van der Waals surface area contributed by atoms with Crippen molar-refractivity contribution in [2.75, 3.05) is 0 Å². The van der Waals surface area contributed by atoms with Gasteiger partial charge in [-0.2, -0.15) is 0 Å². The molecule has 4 aliphatic rings. The molecule has 4 rings (SSSR count). The zero-order valence-corrected chi connectivity index (χ0v) is 14.7. The van der Waals surface area contributed by atoms with E-state index in [1.54, 1.807) is 0 Å². The van der Waals surface area contributed by atoms with Crippen molar-refractivity contribution in [2.45, 2.75) is 70.8 Å². The number of carbonyl (C=O) groups excluding carboxylic acids is 1. The van der Waals surface area contributed by atoms with Crippen LogP contribution in [0.1, 0.15) is 65.2 Å². The van der Waals surface area contributed by atoms with E-state index in [0.29, 0.717) is 24.7 Å². The molecule has 4 aliphatic carbocycles. The smallest absolute Gasteiger partial charge is 0.336 e. The molecule has 0 radical (unpaired) electrons. The van der Waals surface area contributed by atoms with Crippen LogP contribution < -0.4 is 0 Å². The fraction of sp³-hybridized carbons (Fsp3) is 0.800. The van der Waals surface area contributed by atoms with Crippen molar-refractivity contribution in [2.24, 2.45) is 28.6 Å². The summed E-state index contributed by atoms with van der Waals surface area (Å²) in [6.45, 7) is 4.33. The van der Waals surface area contributed by atoms with Crippen LogP contribution in [0.4, 0.5) is 0 Å². The molecule has 0 aliphatic heterocycles. The Morgan fingerprint density at radius 2 is 1.79 bits per heavy atom. The maximum atomic E-state index is 11.8. The summed E-state index contributed by atoms with van der Waals surface area (Å²) in [5.74, 6) is 0.514. The lowest BCUT2D eigenvalue weighted by atomic mass is 9.46. The second-order valence-corrected chi connectivity index (χ2v) is 9.13. The van der Waals surface area contributed by atoms with Gasteiger partial charge in [0.25, 0.3) is 0 Å². The molecular formula is C20H28O4. The SMILES string of the molecule is CC12CCC(=O)C=C1CCC1C2CCC2(C)C1CCC2(O)C(=O)O. The molecular weight excluding hydrogens is 304 g/mol. The number of aliphatic hydroxyl groups is 1. The number of carboxylic acids is 1. The Morgan fingerprint density at radius 1 is 1.08 bits per heavy atom. The highest BCUT2D eigenvalue weighted by atomic mass is 16.4. The van der Waals surface area contributed by atoms with E-state index < -0.39 is 17.0 Å². The van der Waals surface area contributed by atoms with Crippen LogP contribution in [0.2, 0.25) is 0 Å². The Kier molecular flexibility index (Phi) is 3.36. The maximum absolute atomic E-state index is 11.8. The molecule has 0 aromatic carbocycles. The molecule has 0 aromatic rings. The Balaban J connectivity index is 1.70. The molecule has 132 valence electrons. The van der Waals surface area contributed by atoms with Crippen LogP contribution in [-0.2, 0) is 9.59 Å². The van der Waals surface area contributed by atoms with Gasteiger partial charge >= 0.3 is 5.97 Å². The van der Waals surface area contributed by atoms with Gasteiger partial charge < -0.3 is 10.2 Å². The van der Waals surface area contributed by atoms with Crippen molar-refractivity contribution in [3.8, 4) is 0 Å². The van der Waals surface area contributed by atoms with Crippen molar-refractivity contribution < 1.29 is 19.8 Å². The summed E-state index contributed by atoms with van der Waals surface area (Å²) < 4.78 is 0. The zero-order valence-electron chi connectivity index (χ0n) is 14.7. The maximum Gasteiger partial charge on any atom is 0.336 e. The van der Waals surface area contributed by atoms with E-state index in [4.69, 9.17) is 0 Å². The van der Waals surface area contributed by atoms with Crippen LogP contribution in [0.5, 0.6) is 0 Å². The van der Waals surface area contributed by atoms with Crippen LogP contribution in [0.15, 0.2) is 11.6 Å². The fourth-order valence-electron chi connectivity index (χ4n) is 6.93. The molecule has 0 saturated heterocycles. The average Bonchev–Trinajstić information content (AvgIpc) is 2.81. The summed E-state index contributed by atoms with van der Waals surface area (Å²) in [5.41, 5.74) is -0.651. The van der Waals surface area contributed by atoms with Crippen LogP contribution in [0.25, 0.3) is 0 Å². The highest BCUT2D eigenvalue weighted by Gasteiger charge is 2.66. The molecule has 0 amide bonds. The van der Waals surface area contributed by atoms with E-state index in [9.17, 15) is 19.8 Å². The molecule has 3 fully saturated rings. The van der Waals surface area contributed by atoms with Crippen molar-refractivity contribution in [3.63, 3.8) is 0 Å². The summed E-state index contributed by atoms with van der Waals surface area (Å²) in [6, 6.07) is 0. The van der Waals surface area contributed by atoms with Gasteiger partial charge in [-0.25, -0.2) is 4.79 Å². The third-order valence-corrected chi connectivity index (χ3v) is 8.47. The third-order valence-electron chi connectivity index (χ3n) is 8.47. The van der Waals surface area contributed by atoms with Crippen molar-refractivity contribution in [1.29, 1.82) is 0 Å². The number of carbonyl (C=O) groups is 2. The summed E-state index contributed by atoms with van der Waals surface area (Å²) in [6.07, 6.45) is 8.41. The summed E-state index contributed by atoms with van der Waals surface area (Å²) in [4.78, 5) is 23.6. The molecule has 0 aromatic heterocycles. The lowest BCUT2D eigenvalue weighted by Gasteiger charge is -2.58. The lowest BCUT2D eigenvalue weighted by molar-refractivity contribution is -0.181. The molecule has 2 N–H and O–H groups in total. The Morgan fingerprint density at radius 3 is 2.50 bits per heavy atom. The summed E-state index contributed by atoms with van der Waals surface area (Å²) in [7, 11) is 0. The Bertz CT molecular complexity index is 638. The number of ketones is 1. The first-order chi connectivity index (χ1) is 11.2. The minimum absolute atomic E-state index is 0.0993. The molecule has 0 bridgehead atoms. The van der Waals surface area contributed by atoms with Gasteiger partial charge in [0.2, 0.25) is 0 Å². The molecule has 6 unspecified atom stereocenters. The van der Waals surface area contributed by atoms with Gasteiger partial charge in [-0.05, 0) is 74.2 Å². The second-order valence-electron chi connectivity index (χ2n) is 9.13. The number of aliphatic carboxylic acids is 1. The number of carboxylic acid groups (broad SMARTS) is 1. The van der Waals surface area contributed by atoms with E-state index in [1.165, 1.54) is 5.57 Å². The molecule has 0 heterocycles. The molecule has 4 nitrogen and oxygen atoms in total. The number of hydrogen-bond donors (Lipinski definition) is 2. The summed E-state index contributed by atoms with van der Waals surface area (Å²) >= 11 is 0. The van der Waals surface area contributed by atoms with Gasteiger partial charge in [0.1, 0.15) is 0 Å². The van der Waals surface area contributed by atoms with Crippen molar-refractivity contribution >= 4 is 11.8 Å². The first-order valence-corrected chi connectivity index (χ1v) is 9.42. The van der Waals surface area contributed by atoms with Crippen LogP contribution in [0.3, 0.4) is 0 Å². The van der Waals surface area contributed by atoms with E-state index in [2.05, 4.69) is 6.92 Å². The molecule has 6 atom stereocenters. The highest BCUT2D eigenvalue weighted by Crippen LogP contribution is 2.67. The van der Waals surface area contributed by atoms with Gasteiger partial charge in [0, 0.05) is 11.8 Å². The van der Waals surface area contributed by atoms with Crippen molar-refractivity contribution in [1.82, 2.24) is 0 Å². The van der Waals surface area contributed by atoms with Crippen LogP contribution in [0, 0.1) is 28.6 Å². The number of fused-ring (bicyclic) bond motifs is 5. The molecule has 4 heteroatoms. The third kappa shape index (κ3) is 1.84. The topological polar surface area (TPSA) is 74.6 Å². The van der Waals surface area contributed by atoms with Gasteiger partial charge in [0.05, 0.1) is 0 Å². The van der Waals surface area contributed by atoms with E-state index >= 15 is 0 Å². The predicted molar refractivity (Wildman–Crippen MR) is 89.3 cm³/mol. The normalized spacial score (nSPS) is 50.5. The van der Waals surface area contributed by atoms with Gasteiger partial charge in [-0.15, -0.1) is 0 Å². The minimum Gasteiger partial charge on any atom is -0.479 e. The van der Waals surface area contributed by atoms with Crippen LogP contribution >= 0.6 is 0 Å². The van der Waals surface area contributed by atoms with E-state index in [-0.39, 0.29) is 17.1 Å². The first kappa shape index (κ1) is 16.3. The highest BCUT2D eigenvalue weighted by molar-refractivity contribution is 5.91. The molecule has 24 heavy (non-hydrogen) atoms. The van der Waals surface area contributed by atoms with Crippen LogP contribution in [-0.4, -0.2) is 27.6 Å². The second kappa shape index (κ2) is 4.94. The average molecular weight is 332 g/mol. The Labute approximate surface area is 143 Å². The number of hydrogen-bond acceptors (Lipinski definition) is 3. The minimum atomic E-state index is -1.57. The predicted octanol–water partition coefficient (Wildman–Crippen LogP) is 3.33. The largest absolute Gasteiger partial charge is 0.479 e. The standard InChI is InChI=1S/C20H28O4/c1-18-8-5-13(21)11-12(18)3-4-14-15(18)6-9-19(2)16(14)7-10-20(19,24)17(22)23/h11,14-16,24H,3-10H2,1-2H3,(H,22,23). The van der Waals surface area contributed by atoms with Gasteiger partial charge in [-0.1, -0.05) is 19.4 Å². The van der Waals surface area contributed by atoms with E-state index in [1.807, 2.05) is 13.0 Å². The summed E-state index contributed by atoms with van der Waals surface area (Å²) in [5, 5.41) is 20.5. The number of allylic oxidation sites excluding steroid dienone is 1.